The molecule has 2 aromatic rings. The third-order valence-electron chi connectivity index (χ3n) is 4.43. The Morgan fingerprint density at radius 1 is 1.31 bits per heavy atom. The number of amides is 1. The minimum Gasteiger partial charge on any atom is -0.382 e. The molecule has 1 heterocycles. The first-order valence-corrected chi connectivity index (χ1v) is 11.2. The van der Waals surface area contributed by atoms with Crippen molar-refractivity contribution in [3.05, 3.63) is 64.4 Å². The van der Waals surface area contributed by atoms with Gasteiger partial charge in [-0.3, -0.25) is 4.79 Å². The molecule has 0 aromatic heterocycles. The SMILES string of the molecule is CS(=O)(=O)Oc1ccc(Cl)cc1CN(CC1CCCO1)C(=O)c1cccc(F)c1. The molecule has 1 amide bonds. The first kappa shape index (κ1) is 21.5. The van der Waals surface area contributed by atoms with Crippen molar-refractivity contribution in [1.82, 2.24) is 4.90 Å². The lowest BCUT2D eigenvalue weighted by atomic mass is 10.1. The Balaban J connectivity index is 1.92. The van der Waals surface area contributed by atoms with E-state index in [1.165, 1.54) is 35.2 Å². The first-order chi connectivity index (χ1) is 13.7. The van der Waals surface area contributed by atoms with Gasteiger partial charge in [0.15, 0.2) is 0 Å². The lowest BCUT2D eigenvalue weighted by Gasteiger charge is -2.26. The number of ether oxygens (including phenoxy) is 1. The highest BCUT2D eigenvalue weighted by atomic mass is 35.5. The van der Waals surface area contributed by atoms with Gasteiger partial charge in [-0.25, -0.2) is 4.39 Å². The lowest BCUT2D eigenvalue weighted by molar-refractivity contribution is 0.0506. The number of nitrogens with zero attached hydrogens (tertiary/aromatic N) is 1. The lowest BCUT2D eigenvalue weighted by Crippen LogP contribution is -2.37. The van der Waals surface area contributed by atoms with Gasteiger partial charge in [-0.15, -0.1) is 0 Å². The molecule has 0 N–H and O–H groups in total. The molecule has 6 nitrogen and oxygen atoms in total. The van der Waals surface area contributed by atoms with E-state index in [1.807, 2.05) is 0 Å². The zero-order valence-electron chi connectivity index (χ0n) is 15.8. The van der Waals surface area contributed by atoms with Crippen LogP contribution in [0, 0.1) is 5.82 Å². The van der Waals surface area contributed by atoms with Crippen molar-refractivity contribution in [2.24, 2.45) is 0 Å². The average molecular weight is 442 g/mol. The second-order valence-electron chi connectivity index (χ2n) is 6.87. The maximum Gasteiger partial charge on any atom is 0.306 e. The van der Waals surface area contributed by atoms with E-state index >= 15 is 0 Å². The summed E-state index contributed by atoms with van der Waals surface area (Å²) in [6.45, 7) is 0.924. The molecule has 1 fully saturated rings. The van der Waals surface area contributed by atoms with Gasteiger partial charge in [-0.05, 0) is 49.2 Å². The number of hydrogen-bond acceptors (Lipinski definition) is 5. The van der Waals surface area contributed by atoms with E-state index in [0.29, 0.717) is 17.2 Å². The van der Waals surface area contributed by atoms with Gasteiger partial charge in [0, 0.05) is 35.8 Å². The van der Waals surface area contributed by atoms with Crippen LogP contribution in [0.1, 0.15) is 28.8 Å². The fourth-order valence-corrected chi connectivity index (χ4v) is 3.86. The van der Waals surface area contributed by atoms with Crippen molar-refractivity contribution in [3.63, 3.8) is 0 Å². The Kier molecular flexibility index (Phi) is 6.77. The average Bonchev–Trinajstić information content (AvgIpc) is 3.15. The molecular formula is C20H21ClFNO5S. The molecule has 1 aliphatic heterocycles. The smallest absolute Gasteiger partial charge is 0.306 e. The van der Waals surface area contributed by atoms with Crippen LogP contribution in [0.15, 0.2) is 42.5 Å². The van der Waals surface area contributed by atoms with Crippen molar-refractivity contribution in [3.8, 4) is 5.75 Å². The van der Waals surface area contributed by atoms with Crippen LogP contribution in [-0.2, 0) is 21.4 Å². The van der Waals surface area contributed by atoms with Gasteiger partial charge in [0.1, 0.15) is 11.6 Å². The van der Waals surface area contributed by atoms with Crippen LogP contribution in [0.3, 0.4) is 0 Å². The zero-order valence-corrected chi connectivity index (χ0v) is 17.4. The molecule has 2 aromatic carbocycles. The van der Waals surface area contributed by atoms with Crippen LogP contribution in [0.4, 0.5) is 4.39 Å². The number of benzene rings is 2. The summed E-state index contributed by atoms with van der Waals surface area (Å²) in [5.74, 6) is -0.830. The van der Waals surface area contributed by atoms with Crippen molar-refractivity contribution >= 4 is 27.6 Å². The van der Waals surface area contributed by atoms with E-state index in [-0.39, 0.29) is 30.5 Å². The van der Waals surface area contributed by atoms with Crippen LogP contribution in [0.5, 0.6) is 5.75 Å². The molecule has 3 rings (SSSR count). The summed E-state index contributed by atoms with van der Waals surface area (Å²) in [6, 6.07) is 9.90. The predicted octanol–water partition coefficient (Wildman–Crippen LogP) is 3.64. The van der Waals surface area contributed by atoms with Crippen LogP contribution < -0.4 is 4.18 Å². The largest absolute Gasteiger partial charge is 0.382 e. The summed E-state index contributed by atoms with van der Waals surface area (Å²) < 4.78 is 47.5. The summed E-state index contributed by atoms with van der Waals surface area (Å²) >= 11 is 6.08. The number of halogens is 2. The topological polar surface area (TPSA) is 72.9 Å². The van der Waals surface area contributed by atoms with Crippen molar-refractivity contribution < 1.29 is 26.5 Å². The Bertz CT molecular complexity index is 992. The molecule has 0 radical (unpaired) electrons. The predicted molar refractivity (Wildman–Crippen MR) is 107 cm³/mol. The fraction of sp³-hybridized carbons (Fsp3) is 0.350. The summed E-state index contributed by atoms with van der Waals surface area (Å²) in [5.41, 5.74) is 0.612. The van der Waals surface area contributed by atoms with Crippen molar-refractivity contribution in [2.75, 3.05) is 19.4 Å². The molecule has 9 heteroatoms. The number of hydrogen-bond donors (Lipinski definition) is 0. The molecule has 0 aliphatic carbocycles. The van der Waals surface area contributed by atoms with Crippen LogP contribution in [0.2, 0.25) is 5.02 Å². The molecule has 1 atom stereocenters. The second kappa shape index (κ2) is 9.11. The second-order valence-corrected chi connectivity index (χ2v) is 8.88. The Labute approximate surface area is 174 Å². The monoisotopic (exact) mass is 441 g/mol. The standard InChI is InChI=1S/C20H21ClFNO5S/c1-29(25,26)28-19-8-7-16(21)10-15(19)12-23(13-18-6-3-9-27-18)20(24)14-4-2-5-17(22)11-14/h2,4-5,7-8,10-11,18H,3,6,9,12-13H2,1H3. The van der Waals surface area contributed by atoms with Crippen LogP contribution in [-0.4, -0.2) is 44.7 Å². The highest BCUT2D eigenvalue weighted by molar-refractivity contribution is 7.86. The zero-order chi connectivity index (χ0) is 21.0. The summed E-state index contributed by atoms with van der Waals surface area (Å²) in [7, 11) is -3.77. The number of carbonyl (C=O) groups is 1. The molecule has 0 spiro atoms. The highest BCUT2D eigenvalue weighted by Crippen LogP contribution is 2.27. The minimum absolute atomic E-state index is 0.0284. The highest BCUT2D eigenvalue weighted by Gasteiger charge is 2.25. The van der Waals surface area contributed by atoms with E-state index in [0.717, 1.165) is 25.2 Å². The molecule has 0 saturated carbocycles. The van der Waals surface area contributed by atoms with Crippen LogP contribution in [0.25, 0.3) is 0 Å². The summed E-state index contributed by atoms with van der Waals surface area (Å²) in [6.07, 6.45) is 2.49. The Morgan fingerprint density at radius 3 is 2.76 bits per heavy atom. The molecule has 1 saturated heterocycles. The number of rotatable bonds is 7. The summed E-state index contributed by atoms with van der Waals surface area (Å²) in [4.78, 5) is 14.6. The van der Waals surface area contributed by atoms with Gasteiger partial charge in [-0.2, -0.15) is 8.42 Å². The van der Waals surface area contributed by atoms with Gasteiger partial charge in [-0.1, -0.05) is 17.7 Å². The minimum atomic E-state index is -3.77. The maximum absolute atomic E-state index is 13.6. The number of carbonyl (C=O) groups excluding carboxylic acids is 1. The third kappa shape index (κ3) is 6.16. The fourth-order valence-electron chi connectivity index (χ4n) is 3.18. The Morgan fingerprint density at radius 2 is 2.10 bits per heavy atom. The quantitative estimate of drug-likeness (QED) is 0.613. The van der Waals surface area contributed by atoms with E-state index in [9.17, 15) is 17.6 Å². The van der Waals surface area contributed by atoms with Crippen molar-refractivity contribution in [2.45, 2.75) is 25.5 Å². The van der Waals surface area contributed by atoms with Gasteiger partial charge >= 0.3 is 10.1 Å². The molecule has 29 heavy (non-hydrogen) atoms. The molecule has 1 aliphatic rings. The van der Waals surface area contributed by atoms with E-state index in [4.69, 9.17) is 20.5 Å². The Hall–Kier alpha value is -2.16. The van der Waals surface area contributed by atoms with Gasteiger partial charge in [0.25, 0.3) is 5.91 Å². The molecule has 1 unspecified atom stereocenters. The van der Waals surface area contributed by atoms with E-state index in [2.05, 4.69) is 0 Å². The van der Waals surface area contributed by atoms with Gasteiger partial charge in [0.2, 0.25) is 0 Å². The van der Waals surface area contributed by atoms with E-state index < -0.39 is 21.8 Å². The molecule has 156 valence electrons. The molecule has 0 bridgehead atoms. The molecular weight excluding hydrogens is 421 g/mol. The van der Waals surface area contributed by atoms with E-state index in [1.54, 1.807) is 6.07 Å². The van der Waals surface area contributed by atoms with Crippen molar-refractivity contribution in [1.29, 1.82) is 0 Å². The summed E-state index contributed by atoms with van der Waals surface area (Å²) in [5, 5.41) is 0.371. The van der Waals surface area contributed by atoms with Gasteiger partial charge < -0.3 is 13.8 Å². The maximum atomic E-state index is 13.6. The third-order valence-corrected chi connectivity index (χ3v) is 5.15. The van der Waals surface area contributed by atoms with Gasteiger partial charge in [0.05, 0.1) is 12.4 Å². The normalized spacial score (nSPS) is 16.6. The van der Waals surface area contributed by atoms with Crippen LogP contribution >= 0.6 is 11.6 Å². The first-order valence-electron chi connectivity index (χ1n) is 9.05.